The van der Waals surface area contributed by atoms with E-state index in [1.807, 2.05) is 4.90 Å². The predicted octanol–water partition coefficient (Wildman–Crippen LogP) is 0.606. The zero-order valence-electron chi connectivity index (χ0n) is 15.4. The van der Waals surface area contributed by atoms with E-state index in [1.165, 1.54) is 6.42 Å². The van der Waals surface area contributed by atoms with Crippen molar-refractivity contribution < 1.29 is 4.79 Å². The summed E-state index contributed by atoms with van der Waals surface area (Å²) in [5.74, 6) is 0.626. The van der Waals surface area contributed by atoms with Gasteiger partial charge in [0.15, 0.2) is 0 Å². The number of hydrogen-bond acceptors (Lipinski definition) is 4. The van der Waals surface area contributed by atoms with Gasteiger partial charge in [-0.05, 0) is 46.4 Å². The number of carbonyl (C=O) groups is 1. The maximum Gasteiger partial charge on any atom is 0.317 e. The number of nitrogens with one attached hydrogen (secondary N) is 1. The number of hydrogen-bond donors (Lipinski definition) is 1. The van der Waals surface area contributed by atoms with Crippen molar-refractivity contribution in [3.8, 4) is 0 Å². The van der Waals surface area contributed by atoms with Crippen molar-refractivity contribution in [2.24, 2.45) is 5.92 Å². The topological polar surface area (TPSA) is 42.1 Å². The van der Waals surface area contributed by atoms with Crippen LogP contribution in [0.3, 0.4) is 0 Å². The molecular formula is C17H35N5O. The molecule has 0 unspecified atom stereocenters. The second kappa shape index (κ2) is 8.85. The van der Waals surface area contributed by atoms with Crippen molar-refractivity contribution in [1.82, 2.24) is 24.9 Å². The average Bonchev–Trinajstić information content (AvgIpc) is 2.96. The molecule has 6 nitrogen and oxygen atoms in total. The Labute approximate surface area is 141 Å². The van der Waals surface area contributed by atoms with Crippen LogP contribution >= 0.6 is 0 Å². The highest BCUT2D eigenvalue weighted by Crippen LogP contribution is 2.17. The minimum absolute atomic E-state index is 0.118. The molecule has 0 aromatic rings. The Morgan fingerprint density at radius 2 is 2.00 bits per heavy atom. The third kappa shape index (κ3) is 5.62. The first kappa shape index (κ1) is 18.5. The van der Waals surface area contributed by atoms with E-state index in [4.69, 9.17) is 0 Å². The van der Waals surface area contributed by atoms with Crippen LogP contribution in [0.2, 0.25) is 0 Å². The standard InChI is InChI=1S/C17H35N5O/c1-5-7-19(2)12-15-6-8-22(13-15)17(23)18-11-16-14-20(3)9-10-21(16)4/h15-16H,5-14H2,1-4H3,(H,18,23)/t15-,16-/m1/s1. The van der Waals surface area contributed by atoms with Crippen LogP contribution in [0.1, 0.15) is 19.8 Å². The number of nitrogens with zero attached hydrogens (tertiary/aromatic N) is 4. The van der Waals surface area contributed by atoms with Crippen molar-refractivity contribution in [2.75, 3.05) is 73.5 Å². The molecule has 2 rings (SSSR count). The van der Waals surface area contributed by atoms with Crippen LogP contribution in [0.25, 0.3) is 0 Å². The fourth-order valence-electron chi connectivity index (χ4n) is 3.72. The summed E-state index contributed by atoms with van der Waals surface area (Å²) in [5.41, 5.74) is 0. The van der Waals surface area contributed by atoms with E-state index in [1.54, 1.807) is 0 Å². The molecule has 2 saturated heterocycles. The fourth-order valence-corrected chi connectivity index (χ4v) is 3.72. The monoisotopic (exact) mass is 325 g/mol. The van der Waals surface area contributed by atoms with Crippen molar-refractivity contribution in [3.63, 3.8) is 0 Å². The third-order valence-corrected chi connectivity index (χ3v) is 5.22. The molecule has 23 heavy (non-hydrogen) atoms. The summed E-state index contributed by atoms with van der Waals surface area (Å²) in [7, 11) is 6.49. The van der Waals surface area contributed by atoms with Crippen LogP contribution in [-0.4, -0.2) is 105 Å². The Hall–Kier alpha value is -0.850. The van der Waals surface area contributed by atoms with Crippen molar-refractivity contribution in [2.45, 2.75) is 25.8 Å². The SMILES string of the molecule is CCCN(C)C[C@H]1CCN(C(=O)NC[C@@H]2CN(C)CCN2C)C1. The number of rotatable bonds is 6. The lowest BCUT2D eigenvalue weighted by molar-refractivity contribution is 0.113. The van der Waals surface area contributed by atoms with Gasteiger partial charge >= 0.3 is 6.03 Å². The first-order valence-electron chi connectivity index (χ1n) is 9.09. The van der Waals surface area contributed by atoms with Gasteiger partial charge < -0.3 is 20.0 Å². The molecule has 134 valence electrons. The Bertz CT molecular complexity index is 378. The Morgan fingerprint density at radius 3 is 2.74 bits per heavy atom. The zero-order valence-corrected chi connectivity index (χ0v) is 15.4. The maximum absolute atomic E-state index is 12.4. The molecule has 2 aliphatic rings. The summed E-state index contributed by atoms with van der Waals surface area (Å²) in [6, 6.07) is 0.541. The number of likely N-dealkylation sites (tertiary alicyclic amines) is 1. The smallest absolute Gasteiger partial charge is 0.317 e. The van der Waals surface area contributed by atoms with Gasteiger partial charge in [-0.3, -0.25) is 4.90 Å². The fraction of sp³-hybridized carbons (Fsp3) is 0.941. The van der Waals surface area contributed by atoms with Crippen molar-refractivity contribution in [3.05, 3.63) is 0 Å². The van der Waals surface area contributed by atoms with Gasteiger partial charge in [0.1, 0.15) is 0 Å². The first-order valence-corrected chi connectivity index (χ1v) is 9.09. The number of amides is 2. The van der Waals surface area contributed by atoms with E-state index in [0.717, 1.165) is 58.8 Å². The molecule has 2 heterocycles. The van der Waals surface area contributed by atoms with Crippen LogP contribution in [0.5, 0.6) is 0 Å². The quantitative estimate of drug-likeness (QED) is 0.777. The normalized spacial score (nSPS) is 26.9. The minimum Gasteiger partial charge on any atom is -0.336 e. The lowest BCUT2D eigenvalue weighted by Gasteiger charge is -2.37. The highest BCUT2D eigenvalue weighted by atomic mass is 16.2. The molecule has 0 aromatic carbocycles. The van der Waals surface area contributed by atoms with Crippen LogP contribution < -0.4 is 5.32 Å². The summed E-state index contributed by atoms with van der Waals surface area (Å²) in [4.78, 5) is 21.5. The van der Waals surface area contributed by atoms with E-state index in [9.17, 15) is 4.79 Å². The molecule has 0 saturated carbocycles. The number of carbonyl (C=O) groups excluding carboxylic acids is 1. The molecule has 1 N–H and O–H groups in total. The molecule has 2 fully saturated rings. The summed E-state index contributed by atoms with van der Waals surface area (Å²) < 4.78 is 0. The predicted molar refractivity (Wildman–Crippen MR) is 94.8 cm³/mol. The molecule has 0 radical (unpaired) electrons. The van der Waals surface area contributed by atoms with E-state index < -0.39 is 0 Å². The number of likely N-dealkylation sites (N-methyl/N-ethyl adjacent to an activating group) is 2. The largest absolute Gasteiger partial charge is 0.336 e. The Morgan fingerprint density at radius 1 is 1.22 bits per heavy atom. The zero-order chi connectivity index (χ0) is 16.8. The van der Waals surface area contributed by atoms with Crippen molar-refractivity contribution in [1.29, 1.82) is 0 Å². The second-order valence-electron chi connectivity index (χ2n) is 7.45. The van der Waals surface area contributed by atoms with E-state index in [-0.39, 0.29) is 6.03 Å². The van der Waals surface area contributed by atoms with Gasteiger partial charge in [-0.15, -0.1) is 0 Å². The van der Waals surface area contributed by atoms with Gasteiger partial charge in [0.05, 0.1) is 0 Å². The third-order valence-electron chi connectivity index (χ3n) is 5.22. The minimum atomic E-state index is 0.118. The molecule has 0 aliphatic carbocycles. The van der Waals surface area contributed by atoms with Crippen molar-refractivity contribution >= 4 is 6.03 Å². The summed E-state index contributed by atoms with van der Waals surface area (Å²) in [6.07, 6.45) is 2.32. The van der Waals surface area contributed by atoms with E-state index in [0.29, 0.717) is 12.0 Å². The van der Waals surface area contributed by atoms with Crippen LogP contribution in [-0.2, 0) is 0 Å². The molecule has 6 heteroatoms. The molecule has 2 atom stereocenters. The van der Waals surface area contributed by atoms with Gasteiger partial charge in [0.25, 0.3) is 0 Å². The van der Waals surface area contributed by atoms with Gasteiger partial charge in [0.2, 0.25) is 0 Å². The highest BCUT2D eigenvalue weighted by molar-refractivity contribution is 5.74. The lowest BCUT2D eigenvalue weighted by Crippen LogP contribution is -2.55. The van der Waals surface area contributed by atoms with Gasteiger partial charge in [-0.2, -0.15) is 0 Å². The van der Waals surface area contributed by atoms with E-state index >= 15 is 0 Å². The Kier molecular flexibility index (Phi) is 7.11. The molecule has 0 spiro atoms. The molecule has 2 aliphatic heterocycles. The van der Waals surface area contributed by atoms with Crippen LogP contribution in [0.15, 0.2) is 0 Å². The molecule has 0 bridgehead atoms. The van der Waals surface area contributed by atoms with E-state index in [2.05, 4.69) is 48.1 Å². The molecular weight excluding hydrogens is 290 g/mol. The number of piperazine rings is 1. The van der Waals surface area contributed by atoms with Gasteiger partial charge in [0, 0.05) is 51.9 Å². The summed E-state index contributed by atoms with van der Waals surface area (Å²) in [6.45, 7) is 10.2. The number of urea groups is 1. The average molecular weight is 326 g/mol. The summed E-state index contributed by atoms with van der Waals surface area (Å²) >= 11 is 0. The van der Waals surface area contributed by atoms with Gasteiger partial charge in [-0.1, -0.05) is 6.92 Å². The van der Waals surface area contributed by atoms with Gasteiger partial charge in [-0.25, -0.2) is 4.79 Å². The molecule has 2 amide bonds. The van der Waals surface area contributed by atoms with Crippen LogP contribution in [0.4, 0.5) is 4.79 Å². The summed E-state index contributed by atoms with van der Waals surface area (Å²) in [5, 5.41) is 3.15. The first-order chi connectivity index (χ1) is 11.0. The molecule has 0 aromatic heterocycles. The highest BCUT2D eigenvalue weighted by Gasteiger charge is 2.28. The van der Waals surface area contributed by atoms with Crippen LogP contribution in [0, 0.1) is 5.92 Å². The Balaban J connectivity index is 1.70. The maximum atomic E-state index is 12.4. The second-order valence-corrected chi connectivity index (χ2v) is 7.45. The lowest BCUT2D eigenvalue weighted by atomic mass is 10.1.